The molecule has 0 unspecified atom stereocenters. The van der Waals surface area contributed by atoms with E-state index in [1.807, 2.05) is 0 Å². The summed E-state index contributed by atoms with van der Waals surface area (Å²) in [6.07, 6.45) is 2.56. The summed E-state index contributed by atoms with van der Waals surface area (Å²) in [4.78, 5) is 0. The Hall–Kier alpha value is 2.17. The van der Waals surface area contributed by atoms with Crippen molar-refractivity contribution in [2.45, 2.75) is 84.0 Å². The van der Waals surface area contributed by atoms with Gasteiger partial charge in [-0.1, -0.05) is 71.1 Å². The average Bonchev–Trinajstić information content (AvgIpc) is 2.64. The molecule has 0 aromatic rings. The van der Waals surface area contributed by atoms with Crippen LogP contribution in [0.15, 0.2) is 0 Å². The van der Waals surface area contributed by atoms with E-state index in [9.17, 15) is 0 Å². The molecule has 0 atom stereocenters. The Bertz CT molecular complexity index is 213. The Morgan fingerprint density at radius 2 is 1.17 bits per heavy atom. The molecule has 1 rings (SSSR count). The molecule has 1 aliphatic rings. The Balaban J connectivity index is -0.0000000672. The molecule has 0 N–H and O–H groups in total. The molecular formula is C16H44Cl2MgOSi4. The summed E-state index contributed by atoms with van der Waals surface area (Å²) in [6, 6.07) is 0. The van der Waals surface area contributed by atoms with Gasteiger partial charge in [0.15, 0.2) is 0 Å². The van der Waals surface area contributed by atoms with Crippen LogP contribution >= 0.6 is 11.1 Å². The first-order chi connectivity index (χ1) is 9.65. The summed E-state index contributed by atoms with van der Waals surface area (Å²) in [6.45, 7) is 29.0. The number of hydrogen-bond donors (Lipinski definition) is 0. The van der Waals surface area contributed by atoms with Crippen LogP contribution in [0.25, 0.3) is 0 Å². The second kappa shape index (κ2) is 21.5. The summed E-state index contributed by atoms with van der Waals surface area (Å²) in [7, 11) is -2.42. The average molecular weight is 460 g/mol. The molecule has 0 aromatic carbocycles. The van der Waals surface area contributed by atoms with E-state index in [2.05, 4.69) is 72.0 Å². The number of rotatable bonds is 2. The first kappa shape index (κ1) is 37.0. The predicted octanol–water partition coefficient (Wildman–Crippen LogP) is 2.68. The smallest absolute Gasteiger partial charge is 1.00 e. The van der Waals surface area contributed by atoms with E-state index in [1.54, 1.807) is 5.67 Å². The molecule has 0 amide bonds. The predicted molar refractivity (Wildman–Crippen MR) is 126 cm³/mol. The second-order valence-corrected chi connectivity index (χ2v) is 28.4. The first-order valence-electron chi connectivity index (χ1n) is 8.72. The fourth-order valence-electron chi connectivity index (χ4n) is 1.74. The van der Waals surface area contributed by atoms with E-state index in [0.717, 1.165) is 13.2 Å². The van der Waals surface area contributed by atoms with E-state index >= 15 is 0 Å². The van der Waals surface area contributed by atoms with Gasteiger partial charge in [0.05, 0.1) is 0 Å². The molecule has 24 heavy (non-hydrogen) atoms. The zero-order valence-electron chi connectivity index (χ0n) is 18.3. The largest absolute Gasteiger partial charge is 2.00 e. The molecule has 1 saturated heterocycles. The Morgan fingerprint density at radius 1 is 0.917 bits per heavy atom. The van der Waals surface area contributed by atoms with Gasteiger partial charge < -0.3 is 23.7 Å². The SMILES string of the molecule is C1CCOC1.C[SiH](C)C[Si](C)(C)C.C[SiH](C)Cl.[CH2-][Si](C)(C)C.[Cl-].[Mg+2]. The molecule has 0 saturated carbocycles. The summed E-state index contributed by atoms with van der Waals surface area (Å²) in [5, 5.41) is 0. The zero-order chi connectivity index (χ0) is 18.4. The van der Waals surface area contributed by atoms with Crippen LogP contribution in [0, 0.1) is 6.55 Å². The van der Waals surface area contributed by atoms with Crippen molar-refractivity contribution in [2.24, 2.45) is 0 Å². The van der Waals surface area contributed by atoms with Gasteiger partial charge in [0.2, 0.25) is 0 Å². The van der Waals surface area contributed by atoms with E-state index in [4.69, 9.17) is 15.8 Å². The van der Waals surface area contributed by atoms with Gasteiger partial charge in [-0.3, -0.25) is 0 Å². The van der Waals surface area contributed by atoms with Crippen molar-refractivity contribution in [2.75, 3.05) is 13.2 Å². The molecule has 1 heterocycles. The molecular weight excluding hydrogens is 416 g/mol. The quantitative estimate of drug-likeness (QED) is 0.350. The topological polar surface area (TPSA) is 9.23 Å². The van der Waals surface area contributed by atoms with Crippen molar-refractivity contribution in [1.82, 2.24) is 0 Å². The maximum Gasteiger partial charge on any atom is 2.00 e. The molecule has 0 spiro atoms. The minimum absolute atomic E-state index is 0. The molecule has 0 radical (unpaired) electrons. The minimum Gasteiger partial charge on any atom is -1.00 e. The minimum atomic E-state index is -0.861. The van der Waals surface area contributed by atoms with Crippen molar-refractivity contribution < 1.29 is 17.1 Å². The van der Waals surface area contributed by atoms with Crippen LogP contribution in [0.2, 0.25) is 71.1 Å². The maximum absolute atomic E-state index is 5.41. The standard InChI is InChI=1S/C6H18Si2.C4H8O.C4H11Si.C2H7ClSi.ClH.Mg/c1-7(2)6-8(3,4)5;1-2-4-5-3-1;1-5(2,3)4;1-4(2)3;;/h7H,6H2,1-5H3;1-4H2;1H2,2-4H3;4H,1-2H3;1H;/q;;-1;;;+2/p-1. The van der Waals surface area contributed by atoms with Gasteiger partial charge in [-0.05, 0) is 12.8 Å². The Morgan fingerprint density at radius 3 is 1.21 bits per heavy atom. The van der Waals surface area contributed by atoms with Gasteiger partial charge in [-0.2, -0.15) is 11.1 Å². The van der Waals surface area contributed by atoms with E-state index < -0.39 is 24.3 Å². The van der Waals surface area contributed by atoms with Crippen molar-refractivity contribution in [1.29, 1.82) is 0 Å². The number of halogens is 2. The normalized spacial score (nSPS) is 13.2. The fourth-order valence-corrected chi connectivity index (χ4v) is 11.5. The van der Waals surface area contributed by atoms with Crippen molar-refractivity contribution in [3.63, 3.8) is 0 Å². The van der Waals surface area contributed by atoms with Crippen LogP contribution in [-0.2, 0) is 4.74 Å². The summed E-state index contributed by atoms with van der Waals surface area (Å²) in [5.41, 5.74) is 1.60. The van der Waals surface area contributed by atoms with Crippen LogP contribution in [0.1, 0.15) is 12.8 Å². The summed E-state index contributed by atoms with van der Waals surface area (Å²) in [5.74, 6) is 0. The van der Waals surface area contributed by atoms with Crippen molar-refractivity contribution in [3.8, 4) is 0 Å². The molecule has 0 aromatic heterocycles. The fraction of sp³-hybridized carbons (Fsp3) is 0.938. The van der Waals surface area contributed by atoms with Gasteiger partial charge in [-0.15, -0.1) is 8.07 Å². The van der Waals surface area contributed by atoms with Gasteiger partial charge in [-0.25, -0.2) is 0 Å². The van der Waals surface area contributed by atoms with Crippen molar-refractivity contribution in [3.05, 3.63) is 6.55 Å². The summed E-state index contributed by atoms with van der Waals surface area (Å²) >= 11 is 5.41. The molecule has 0 aliphatic carbocycles. The van der Waals surface area contributed by atoms with Gasteiger partial charge in [0.25, 0.3) is 0 Å². The Labute approximate surface area is 186 Å². The second-order valence-electron chi connectivity index (χ2n) is 9.05. The van der Waals surface area contributed by atoms with Crippen LogP contribution in [-0.4, -0.2) is 69.3 Å². The zero-order valence-corrected chi connectivity index (χ0v) is 25.5. The Kier molecular flexibility index (Phi) is 33.1. The van der Waals surface area contributed by atoms with Crippen LogP contribution in [0.4, 0.5) is 0 Å². The number of hydrogen-bond acceptors (Lipinski definition) is 1. The molecule has 1 nitrogen and oxygen atoms in total. The molecule has 146 valence electrons. The van der Waals surface area contributed by atoms with E-state index in [1.165, 1.54) is 12.8 Å². The van der Waals surface area contributed by atoms with Gasteiger partial charge in [0.1, 0.15) is 8.11 Å². The third-order valence-electron chi connectivity index (χ3n) is 1.85. The molecule has 8 heteroatoms. The molecule has 1 fully saturated rings. The molecule has 1 aliphatic heterocycles. The van der Waals surface area contributed by atoms with E-state index in [0.29, 0.717) is 0 Å². The molecule has 0 bridgehead atoms. The summed E-state index contributed by atoms with van der Waals surface area (Å²) < 4.78 is 4.94. The first-order valence-corrected chi connectivity index (χ1v) is 23.3. The maximum atomic E-state index is 5.41. The van der Waals surface area contributed by atoms with Gasteiger partial charge in [0, 0.05) is 30.1 Å². The van der Waals surface area contributed by atoms with E-state index in [-0.39, 0.29) is 44.3 Å². The monoisotopic (exact) mass is 458 g/mol. The van der Waals surface area contributed by atoms with Crippen molar-refractivity contribution >= 4 is 67.2 Å². The van der Waals surface area contributed by atoms with Crippen LogP contribution in [0.5, 0.6) is 0 Å². The third-order valence-corrected chi connectivity index (χ3v) is 10.0. The third kappa shape index (κ3) is 87.6. The van der Waals surface area contributed by atoms with Gasteiger partial charge >= 0.3 is 23.1 Å². The number of ether oxygens (including phenoxy) is 1. The van der Waals surface area contributed by atoms with Crippen LogP contribution in [0.3, 0.4) is 0 Å². The van der Waals surface area contributed by atoms with Crippen LogP contribution < -0.4 is 12.4 Å².